The highest BCUT2D eigenvalue weighted by atomic mass is 16.5. The molecule has 3 rings (SSSR count). The van der Waals surface area contributed by atoms with E-state index >= 15 is 0 Å². The number of hydrogen-bond acceptors (Lipinski definition) is 3. The zero-order chi connectivity index (χ0) is 17.6. The Morgan fingerprint density at radius 3 is 2.84 bits per heavy atom. The van der Waals surface area contributed by atoms with Gasteiger partial charge in [-0.3, -0.25) is 4.79 Å². The molecule has 0 unspecified atom stereocenters. The molecule has 2 aromatic carbocycles. The van der Waals surface area contributed by atoms with E-state index in [0.29, 0.717) is 26.0 Å². The average molecular weight is 337 g/mol. The summed E-state index contributed by atoms with van der Waals surface area (Å²) in [4.78, 5) is 19.7. The summed E-state index contributed by atoms with van der Waals surface area (Å²) in [7, 11) is 0. The van der Waals surface area contributed by atoms with Crippen molar-refractivity contribution < 1.29 is 9.53 Å². The molecule has 0 bridgehead atoms. The maximum atomic E-state index is 11.9. The van der Waals surface area contributed by atoms with Crippen LogP contribution in [0.5, 0.6) is 5.75 Å². The minimum Gasteiger partial charge on any atom is -0.491 e. The van der Waals surface area contributed by atoms with E-state index in [2.05, 4.69) is 28.3 Å². The number of aromatic nitrogens is 2. The molecule has 5 nitrogen and oxygen atoms in total. The van der Waals surface area contributed by atoms with E-state index in [1.54, 1.807) is 0 Å². The quantitative estimate of drug-likeness (QED) is 0.650. The Hall–Kier alpha value is -2.82. The maximum absolute atomic E-state index is 11.9. The fourth-order valence-corrected chi connectivity index (χ4v) is 2.76. The van der Waals surface area contributed by atoms with Crippen molar-refractivity contribution in [1.29, 1.82) is 0 Å². The molecule has 0 fully saturated rings. The highest BCUT2D eigenvalue weighted by molar-refractivity contribution is 5.77. The molecule has 1 heterocycles. The van der Waals surface area contributed by atoms with Crippen LogP contribution in [0.4, 0.5) is 0 Å². The van der Waals surface area contributed by atoms with Crippen LogP contribution in [0.25, 0.3) is 11.0 Å². The number of para-hydroxylation sites is 2. The van der Waals surface area contributed by atoms with Crippen LogP contribution in [-0.2, 0) is 11.2 Å². The van der Waals surface area contributed by atoms with Gasteiger partial charge in [0.2, 0.25) is 5.91 Å². The molecule has 3 aromatic rings. The normalized spacial score (nSPS) is 10.8. The van der Waals surface area contributed by atoms with Crippen molar-refractivity contribution in [3.05, 3.63) is 59.4 Å². The number of aryl methyl sites for hydroxylation is 3. The number of H-pyrrole nitrogens is 1. The number of ether oxygens (including phenoxy) is 1. The SMILES string of the molecule is Cc1ccc(OCCNC(=O)CCc2nc3ccccc3[nH]2)c(C)c1. The lowest BCUT2D eigenvalue weighted by Gasteiger charge is -2.10. The Morgan fingerprint density at radius 2 is 2.04 bits per heavy atom. The number of amides is 1. The van der Waals surface area contributed by atoms with Crippen molar-refractivity contribution in [2.45, 2.75) is 26.7 Å². The lowest BCUT2D eigenvalue weighted by molar-refractivity contribution is -0.121. The van der Waals surface area contributed by atoms with Crippen LogP contribution < -0.4 is 10.1 Å². The first kappa shape index (κ1) is 17.0. The summed E-state index contributed by atoms with van der Waals surface area (Å²) in [5, 5.41) is 2.88. The van der Waals surface area contributed by atoms with Gasteiger partial charge in [-0.15, -0.1) is 0 Å². The summed E-state index contributed by atoms with van der Waals surface area (Å²) in [6, 6.07) is 13.9. The number of fused-ring (bicyclic) bond motifs is 1. The number of aromatic amines is 1. The lowest BCUT2D eigenvalue weighted by Crippen LogP contribution is -2.28. The van der Waals surface area contributed by atoms with Crippen molar-refractivity contribution in [1.82, 2.24) is 15.3 Å². The smallest absolute Gasteiger partial charge is 0.220 e. The number of carbonyl (C=O) groups is 1. The van der Waals surface area contributed by atoms with Gasteiger partial charge >= 0.3 is 0 Å². The molecule has 2 N–H and O–H groups in total. The van der Waals surface area contributed by atoms with E-state index < -0.39 is 0 Å². The summed E-state index contributed by atoms with van der Waals surface area (Å²) in [6.45, 7) is 5.03. The van der Waals surface area contributed by atoms with Crippen LogP contribution in [0.15, 0.2) is 42.5 Å². The van der Waals surface area contributed by atoms with E-state index in [9.17, 15) is 4.79 Å². The fourth-order valence-electron chi connectivity index (χ4n) is 2.76. The molecule has 0 aliphatic rings. The molecular weight excluding hydrogens is 314 g/mol. The maximum Gasteiger partial charge on any atom is 0.220 e. The molecule has 0 radical (unpaired) electrons. The number of hydrogen-bond donors (Lipinski definition) is 2. The highest BCUT2D eigenvalue weighted by Gasteiger charge is 2.06. The molecule has 0 aliphatic heterocycles. The monoisotopic (exact) mass is 337 g/mol. The number of rotatable bonds is 7. The second kappa shape index (κ2) is 7.83. The molecule has 130 valence electrons. The minimum absolute atomic E-state index is 0.00434. The largest absolute Gasteiger partial charge is 0.491 e. The van der Waals surface area contributed by atoms with Gasteiger partial charge in [-0.25, -0.2) is 4.98 Å². The zero-order valence-corrected chi connectivity index (χ0v) is 14.6. The number of carbonyl (C=O) groups excluding carboxylic acids is 1. The van der Waals surface area contributed by atoms with Crippen LogP contribution in [0.1, 0.15) is 23.4 Å². The third-order valence-corrected chi connectivity index (χ3v) is 4.04. The van der Waals surface area contributed by atoms with Gasteiger partial charge in [-0.1, -0.05) is 29.8 Å². The van der Waals surface area contributed by atoms with Crippen LogP contribution in [-0.4, -0.2) is 29.0 Å². The van der Waals surface area contributed by atoms with Gasteiger partial charge in [0, 0.05) is 12.8 Å². The van der Waals surface area contributed by atoms with Gasteiger partial charge in [0.1, 0.15) is 18.2 Å². The molecule has 5 heteroatoms. The first-order valence-electron chi connectivity index (χ1n) is 8.52. The third-order valence-electron chi connectivity index (χ3n) is 4.04. The van der Waals surface area contributed by atoms with Crippen LogP contribution in [0.3, 0.4) is 0 Å². The molecule has 0 aliphatic carbocycles. The molecule has 1 aromatic heterocycles. The first-order valence-corrected chi connectivity index (χ1v) is 8.52. The Balaban J connectivity index is 1.39. The summed E-state index contributed by atoms with van der Waals surface area (Å²) in [6.07, 6.45) is 1.00. The van der Waals surface area contributed by atoms with Crippen LogP contribution >= 0.6 is 0 Å². The first-order chi connectivity index (χ1) is 12.1. The minimum atomic E-state index is 0.00434. The molecule has 0 saturated heterocycles. The van der Waals surface area contributed by atoms with Crippen LogP contribution in [0.2, 0.25) is 0 Å². The number of nitrogens with zero attached hydrogens (tertiary/aromatic N) is 1. The number of imidazole rings is 1. The number of nitrogens with one attached hydrogen (secondary N) is 2. The van der Waals surface area contributed by atoms with Crippen molar-refractivity contribution in [3.63, 3.8) is 0 Å². The topological polar surface area (TPSA) is 67.0 Å². The van der Waals surface area contributed by atoms with E-state index in [0.717, 1.165) is 28.2 Å². The van der Waals surface area contributed by atoms with Gasteiger partial charge in [0.25, 0.3) is 0 Å². The fraction of sp³-hybridized carbons (Fsp3) is 0.300. The van der Waals surface area contributed by atoms with Gasteiger partial charge in [0.05, 0.1) is 17.6 Å². The third kappa shape index (κ3) is 4.59. The average Bonchev–Trinajstić information content (AvgIpc) is 3.01. The summed E-state index contributed by atoms with van der Waals surface area (Å²) in [5.41, 5.74) is 4.25. The summed E-state index contributed by atoms with van der Waals surface area (Å²) in [5.74, 6) is 1.70. The van der Waals surface area contributed by atoms with Crippen molar-refractivity contribution >= 4 is 16.9 Å². The molecule has 0 atom stereocenters. The van der Waals surface area contributed by atoms with Crippen LogP contribution in [0, 0.1) is 13.8 Å². The Bertz CT molecular complexity index is 837. The zero-order valence-electron chi connectivity index (χ0n) is 14.6. The summed E-state index contributed by atoms with van der Waals surface area (Å²) < 4.78 is 5.71. The van der Waals surface area contributed by atoms with Gasteiger partial charge in [-0.05, 0) is 37.6 Å². The molecule has 25 heavy (non-hydrogen) atoms. The van der Waals surface area contributed by atoms with E-state index in [1.807, 2.05) is 43.3 Å². The molecule has 0 saturated carbocycles. The standard InChI is InChI=1S/C20H23N3O2/c1-14-7-8-18(15(2)13-14)25-12-11-21-20(24)10-9-19-22-16-5-3-4-6-17(16)23-19/h3-8,13H,9-12H2,1-2H3,(H,21,24)(H,22,23). The van der Waals surface area contributed by atoms with Crippen molar-refractivity contribution in [3.8, 4) is 5.75 Å². The van der Waals surface area contributed by atoms with E-state index in [1.165, 1.54) is 5.56 Å². The van der Waals surface area contributed by atoms with Crippen molar-refractivity contribution in [2.75, 3.05) is 13.2 Å². The Kier molecular flexibility index (Phi) is 5.33. The van der Waals surface area contributed by atoms with Gasteiger partial charge < -0.3 is 15.0 Å². The lowest BCUT2D eigenvalue weighted by atomic mass is 10.1. The Labute approximate surface area is 147 Å². The summed E-state index contributed by atoms with van der Waals surface area (Å²) >= 11 is 0. The van der Waals surface area contributed by atoms with E-state index in [4.69, 9.17) is 4.74 Å². The molecular formula is C20H23N3O2. The highest BCUT2D eigenvalue weighted by Crippen LogP contribution is 2.18. The van der Waals surface area contributed by atoms with Gasteiger partial charge in [0.15, 0.2) is 0 Å². The molecule has 1 amide bonds. The number of benzene rings is 2. The predicted molar refractivity (Wildman–Crippen MR) is 98.8 cm³/mol. The second-order valence-corrected chi connectivity index (χ2v) is 6.17. The second-order valence-electron chi connectivity index (χ2n) is 6.17. The molecule has 0 spiro atoms. The van der Waals surface area contributed by atoms with E-state index in [-0.39, 0.29) is 5.91 Å². The predicted octanol–water partition coefficient (Wildman–Crippen LogP) is 3.31. The Morgan fingerprint density at radius 1 is 1.20 bits per heavy atom. The van der Waals surface area contributed by atoms with Gasteiger partial charge in [-0.2, -0.15) is 0 Å². The van der Waals surface area contributed by atoms with Crippen molar-refractivity contribution in [2.24, 2.45) is 0 Å².